The first kappa shape index (κ1) is 13.3. The predicted octanol–water partition coefficient (Wildman–Crippen LogP) is 2.79. The van der Waals surface area contributed by atoms with Crippen molar-refractivity contribution < 1.29 is 4.74 Å². The summed E-state index contributed by atoms with van der Waals surface area (Å²) in [7, 11) is 3.72. The Morgan fingerprint density at radius 3 is 2.67 bits per heavy atom. The number of nitrogens with zero attached hydrogens (tertiary/aromatic N) is 2. The zero-order valence-electron chi connectivity index (χ0n) is 12.1. The normalized spacial score (nSPS) is 10.8. The molecule has 0 fully saturated rings. The van der Waals surface area contributed by atoms with Gasteiger partial charge < -0.3 is 20.4 Å². The molecular formula is C16H18N4O. The Hall–Kier alpha value is -2.69. The van der Waals surface area contributed by atoms with Gasteiger partial charge in [-0.15, -0.1) is 0 Å². The van der Waals surface area contributed by atoms with Gasteiger partial charge in [0.15, 0.2) is 5.95 Å². The molecule has 3 N–H and O–H groups in total. The molecule has 0 unspecified atom stereocenters. The van der Waals surface area contributed by atoms with Crippen LogP contribution in [-0.2, 0) is 6.54 Å². The molecule has 1 heterocycles. The van der Waals surface area contributed by atoms with Gasteiger partial charge in [-0.25, -0.2) is 4.98 Å². The lowest BCUT2D eigenvalue weighted by Crippen LogP contribution is -2.16. The van der Waals surface area contributed by atoms with Crippen LogP contribution in [0.4, 0.5) is 11.6 Å². The van der Waals surface area contributed by atoms with E-state index >= 15 is 0 Å². The Bertz CT molecular complexity index is 749. The number of fused-ring (bicyclic) bond motifs is 1. The minimum Gasteiger partial charge on any atom is -0.497 e. The van der Waals surface area contributed by atoms with Crippen molar-refractivity contribution in [2.75, 3.05) is 24.8 Å². The van der Waals surface area contributed by atoms with E-state index in [1.54, 1.807) is 7.11 Å². The number of nitrogen functional groups attached to an aromatic ring is 1. The summed E-state index contributed by atoms with van der Waals surface area (Å²) in [6, 6.07) is 14.1. The van der Waals surface area contributed by atoms with Crippen LogP contribution in [0.15, 0.2) is 42.5 Å². The van der Waals surface area contributed by atoms with E-state index in [0.717, 1.165) is 29.0 Å². The second kappa shape index (κ2) is 5.36. The van der Waals surface area contributed by atoms with Gasteiger partial charge in [-0.2, -0.15) is 0 Å². The third kappa shape index (κ3) is 2.63. The van der Waals surface area contributed by atoms with E-state index < -0.39 is 0 Å². The molecule has 21 heavy (non-hydrogen) atoms. The third-order valence-electron chi connectivity index (χ3n) is 3.50. The molecule has 0 saturated heterocycles. The molecule has 0 saturated carbocycles. The van der Waals surface area contributed by atoms with Gasteiger partial charge in [0.25, 0.3) is 0 Å². The molecule has 0 spiro atoms. The molecule has 0 amide bonds. The summed E-state index contributed by atoms with van der Waals surface area (Å²) in [5, 5.41) is 0. The van der Waals surface area contributed by atoms with Crippen LogP contribution in [0.25, 0.3) is 11.0 Å². The van der Waals surface area contributed by atoms with Gasteiger partial charge in [0.2, 0.25) is 0 Å². The van der Waals surface area contributed by atoms with Crippen molar-refractivity contribution in [2.45, 2.75) is 6.54 Å². The van der Waals surface area contributed by atoms with Gasteiger partial charge in [0.05, 0.1) is 18.3 Å². The number of benzene rings is 2. The zero-order chi connectivity index (χ0) is 14.8. The molecule has 2 aromatic carbocycles. The summed E-state index contributed by atoms with van der Waals surface area (Å²) in [4.78, 5) is 9.58. The number of hydrogen-bond acceptors (Lipinski definition) is 4. The number of anilines is 2. The first-order valence-corrected chi connectivity index (χ1v) is 6.75. The van der Waals surface area contributed by atoms with Gasteiger partial charge in [0.1, 0.15) is 11.3 Å². The smallest absolute Gasteiger partial charge is 0.198 e. The standard InChI is InChI=1S/C16H18N4O/c1-20(10-11-6-8-12(21-2)9-7-11)14-5-3-4-13-15(14)19-16(17)18-13/h3-9H,10H2,1-2H3,(H3,17,18,19). The summed E-state index contributed by atoms with van der Waals surface area (Å²) in [5.41, 5.74) is 9.85. The summed E-state index contributed by atoms with van der Waals surface area (Å²) in [6.45, 7) is 0.788. The van der Waals surface area contributed by atoms with E-state index in [1.165, 1.54) is 5.56 Å². The van der Waals surface area contributed by atoms with Gasteiger partial charge in [-0.1, -0.05) is 18.2 Å². The number of ether oxygens (including phenoxy) is 1. The lowest BCUT2D eigenvalue weighted by atomic mass is 10.2. The molecule has 0 radical (unpaired) electrons. The molecule has 5 nitrogen and oxygen atoms in total. The number of aromatic amines is 1. The fraction of sp³-hybridized carbons (Fsp3) is 0.188. The lowest BCUT2D eigenvalue weighted by Gasteiger charge is -2.20. The van der Waals surface area contributed by atoms with Crippen molar-refractivity contribution >= 4 is 22.7 Å². The number of nitrogens with two attached hydrogens (primary N) is 1. The molecule has 108 valence electrons. The minimum absolute atomic E-state index is 0.440. The highest BCUT2D eigenvalue weighted by molar-refractivity contribution is 5.89. The summed E-state index contributed by atoms with van der Waals surface area (Å²) in [6.07, 6.45) is 0. The predicted molar refractivity (Wildman–Crippen MR) is 85.6 cm³/mol. The average molecular weight is 282 g/mol. The second-order valence-corrected chi connectivity index (χ2v) is 5.00. The topological polar surface area (TPSA) is 67.2 Å². The largest absolute Gasteiger partial charge is 0.497 e. The number of methoxy groups -OCH3 is 1. The molecule has 3 rings (SSSR count). The molecule has 3 aromatic rings. The third-order valence-corrected chi connectivity index (χ3v) is 3.50. The number of imidazole rings is 1. The fourth-order valence-electron chi connectivity index (χ4n) is 2.43. The van der Waals surface area contributed by atoms with Crippen LogP contribution in [0.5, 0.6) is 5.75 Å². The monoisotopic (exact) mass is 282 g/mol. The highest BCUT2D eigenvalue weighted by Gasteiger charge is 2.10. The summed E-state index contributed by atoms with van der Waals surface area (Å²) in [5.74, 6) is 1.30. The van der Waals surface area contributed by atoms with Crippen molar-refractivity contribution in [1.29, 1.82) is 0 Å². The summed E-state index contributed by atoms with van der Waals surface area (Å²) >= 11 is 0. The van der Waals surface area contributed by atoms with Crippen LogP contribution < -0.4 is 15.4 Å². The van der Waals surface area contributed by atoms with Crippen molar-refractivity contribution in [1.82, 2.24) is 9.97 Å². The molecule has 0 aliphatic heterocycles. The van der Waals surface area contributed by atoms with E-state index in [1.807, 2.05) is 37.4 Å². The van der Waals surface area contributed by atoms with Crippen molar-refractivity contribution in [3.05, 3.63) is 48.0 Å². The van der Waals surface area contributed by atoms with Crippen LogP contribution in [0.2, 0.25) is 0 Å². The van der Waals surface area contributed by atoms with E-state index in [2.05, 4.69) is 27.0 Å². The Morgan fingerprint density at radius 2 is 1.95 bits per heavy atom. The van der Waals surface area contributed by atoms with E-state index in [0.29, 0.717) is 5.95 Å². The number of H-pyrrole nitrogens is 1. The minimum atomic E-state index is 0.440. The van der Waals surface area contributed by atoms with E-state index in [4.69, 9.17) is 10.5 Å². The van der Waals surface area contributed by atoms with Gasteiger partial charge >= 0.3 is 0 Å². The molecular weight excluding hydrogens is 264 g/mol. The maximum Gasteiger partial charge on any atom is 0.198 e. The molecule has 0 aliphatic carbocycles. The summed E-state index contributed by atoms with van der Waals surface area (Å²) < 4.78 is 5.18. The Balaban J connectivity index is 1.87. The SMILES string of the molecule is COc1ccc(CN(C)c2cccc3[nH]c(N)nc23)cc1. The Labute approximate surface area is 123 Å². The van der Waals surface area contributed by atoms with Gasteiger partial charge in [-0.3, -0.25) is 0 Å². The number of nitrogens with one attached hydrogen (secondary N) is 1. The maximum absolute atomic E-state index is 5.75. The van der Waals surface area contributed by atoms with Crippen LogP contribution in [-0.4, -0.2) is 24.1 Å². The Morgan fingerprint density at radius 1 is 1.19 bits per heavy atom. The van der Waals surface area contributed by atoms with Crippen molar-refractivity contribution in [3.8, 4) is 5.75 Å². The Kier molecular flexibility index (Phi) is 3.39. The molecule has 0 atom stereocenters. The van der Waals surface area contributed by atoms with E-state index in [9.17, 15) is 0 Å². The highest BCUT2D eigenvalue weighted by atomic mass is 16.5. The van der Waals surface area contributed by atoms with Crippen molar-refractivity contribution in [3.63, 3.8) is 0 Å². The van der Waals surface area contributed by atoms with Crippen LogP contribution >= 0.6 is 0 Å². The lowest BCUT2D eigenvalue weighted by molar-refractivity contribution is 0.414. The first-order valence-electron chi connectivity index (χ1n) is 6.75. The van der Waals surface area contributed by atoms with E-state index in [-0.39, 0.29) is 0 Å². The average Bonchev–Trinajstić information content (AvgIpc) is 2.87. The zero-order valence-corrected chi connectivity index (χ0v) is 12.1. The first-order chi connectivity index (χ1) is 10.2. The molecule has 1 aromatic heterocycles. The van der Waals surface area contributed by atoms with Crippen LogP contribution in [0, 0.1) is 0 Å². The fourth-order valence-corrected chi connectivity index (χ4v) is 2.43. The molecule has 0 aliphatic rings. The maximum atomic E-state index is 5.75. The number of aromatic nitrogens is 2. The van der Waals surface area contributed by atoms with Gasteiger partial charge in [0, 0.05) is 13.6 Å². The highest BCUT2D eigenvalue weighted by Crippen LogP contribution is 2.26. The quantitative estimate of drug-likeness (QED) is 0.772. The number of para-hydroxylation sites is 1. The van der Waals surface area contributed by atoms with Crippen LogP contribution in [0.1, 0.15) is 5.56 Å². The second-order valence-electron chi connectivity index (χ2n) is 5.00. The van der Waals surface area contributed by atoms with Gasteiger partial charge in [-0.05, 0) is 29.8 Å². The number of hydrogen-bond donors (Lipinski definition) is 2. The van der Waals surface area contributed by atoms with Crippen LogP contribution in [0.3, 0.4) is 0 Å². The number of rotatable bonds is 4. The molecule has 5 heteroatoms. The molecule has 0 bridgehead atoms. The van der Waals surface area contributed by atoms with Crippen molar-refractivity contribution in [2.24, 2.45) is 0 Å².